The van der Waals surface area contributed by atoms with Crippen LogP contribution in [0.4, 0.5) is 0 Å². The average molecular weight is 254 g/mol. The van der Waals surface area contributed by atoms with E-state index in [-0.39, 0.29) is 0 Å². The molecular formula is C16H34N2. The molecule has 1 rings (SSSR count). The average Bonchev–Trinajstić information content (AvgIpc) is 2.43. The smallest absolute Gasteiger partial charge is 0.0249 e. The van der Waals surface area contributed by atoms with Crippen LogP contribution >= 0.6 is 0 Å². The molecule has 0 aromatic heterocycles. The normalized spacial score (nSPS) is 31.0. The van der Waals surface area contributed by atoms with Crippen molar-refractivity contribution in [2.75, 3.05) is 13.1 Å². The highest BCUT2D eigenvalue weighted by Crippen LogP contribution is 2.24. The Hall–Kier alpha value is -0.0800. The highest BCUT2D eigenvalue weighted by Gasteiger charge is 2.34. The fourth-order valence-electron chi connectivity index (χ4n) is 3.02. The zero-order chi connectivity index (χ0) is 13.7. The molecule has 1 heterocycles. The molecular weight excluding hydrogens is 220 g/mol. The number of rotatable bonds is 6. The predicted octanol–water partition coefficient (Wildman–Crippen LogP) is 3.52. The van der Waals surface area contributed by atoms with Gasteiger partial charge in [-0.05, 0) is 25.2 Å². The fourth-order valence-corrected chi connectivity index (χ4v) is 3.02. The van der Waals surface area contributed by atoms with Gasteiger partial charge >= 0.3 is 0 Å². The van der Waals surface area contributed by atoms with Crippen molar-refractivity contribution in [2.24, 2.45) is 11.8 Å². The summed E-state index contributed by atoms with van der Waals surface area (Å²) in [6.45, 7) is 16.5. The van der Waals surface area contributed by atoms with E-state index in [2.05, 4.69) is 51.8 Å². The van der Waals surface area contributed by atoms with Crippen LogP contribution in [0.3, 0.4) is 0 Å². The van der Waals surface area contributed by atoms with E-state index in [1.54, 1.807) is 0 Å². The van der Waals surface area contributed by atoms with Crippen molar-refractivity contribution in [3.8, 4) is 0 Å². The van der Waals surface area contributed by atoms with Crippen LogP contribution in [0.5, 0.6) is 0 Å². The van der Waals surface area contributed by atoms with Crippen molar-refractivity contribution >= 4 is 0 Å². The second-order valence-corrected chi connectivity index (χ2v) is 6.31. The first kappa shape index (κ1) is 16.0. The Bertz CT molecular complexity index is 229. The van der Waals surface area contributed by atoms with Crippen LogP contribution < -0.4 is 5.32 Å². The van der Waals surface area contributed by atoms with Crippen molar-refractivity contribution < 1.29 is 0 Å². The van der Waals surface area contributed by atoms with Gasteiger partial charge < -0.3 is 5.32 Å². The monoisotopic (exact) mass is 254 g/mol. The van der Waals surface area contributed by atoms with Gasteiger partial charge in [-0.1, -0.05) is 47.5 Å². The predicted molar refractivity (Wildman–Crippen MR) is 80.9 cm³/mol. The van der Waals surface area contributed by atoms with Gasteiger partial charge in [-0.25, -0.2) is 0 Å². The SMILES string of the molecule is CCC(C)C1CN(C(C)CC)C(C(C)CC)CN1. The first-order valence-corrected chi connectivity index (χ1v) is 8.04. The Morgan fingerprint density at radius 2 is 1.61 bits per heavy atom. The first-order chi connectivity index (χ1) is 8.54. The van der Waals surface area contributed by atoms with Gasteiger partial charge in [0.25, 0.3) is 0 Å². The number of nitrogens with one attached hydrogen (secondary N) is 1. The molecule has 0 saturated carbocycles. The third-order valence-electron chi connectivity index (χ3n) is 5.21. The molecule has 2 heteroatoms. The third kappa shape index (κ3) is 3.71. The highest BCUT2D eigenvalue weighted by molar-refractivity contribution is 4.92. The summed E-state index contributed by atoms with van der Waals surface area (Å²) in [5.41, 5.74) is 0. The van der Waals surface area contributed by atoms with E-state index in [0.29, 0.717) is 6.04 Å². The van der Waals surface area contributed by atoms with Crippen LogP contribution in [-0.2, 0) is 0 Å². The molecule has 5 atom stereocenters. The Labute approximate surface area is 115 Å². The van der Waals surface area contributed by atoms with Crippen molar-refractivity contribution in [2.45, 2.75) is 78.9 Å². The van der Waals surface area contributed by atoms with Gasteiger partial charge in [0, 0.05) is 31.2 Å². The van der Waals surface area contributed by atoms with Gasteiger partial charge in [0.1, 0.15) is 0 Å². The summed E-state index contributed by atoms with van der Waals surface area (Å²) < 4.78 is 0. The maximum absolute atomic E-state index is 3.80. The Morgan fingerprint density at radius 1 is 1.00 bits per heavy atom. The molecule has 0 spiro atoms. The topological polar surface area (TPSA) is 15.3 Å². The van der Waals surface area contributed by atoms with Crippen molar-refractivity contribution in [3.05, 3.63) is 0 Å². The van der Waals surface area contributed by atoms with Crippen LogP contribution in [0.1, 0.15) is 60.8 Å². The summed E-state index contributed by atoms with van der Waals surface area (Å²) in [6.07, 6.45) is 3.83. The summed E-state index contributed by atoms with van der Waals surface area (Å²) >= 11 is 0. The molecule has 0 bridgehead atoms. The quantitative estimate of drug-likeness (QED) is 0.780. The Kier molecular flexibility index (Phi) is 6.65. The second kappa shape index (κ2) is 7.49. The van der Waals surface area contributed by atoms with Crippen LogP contribution in [-0.4, -0.2) is 36.1 Å². The van der Waals surface area contributed by atoms with Gasteiger partial charge in [0.2, 0.25) is 0 Å². The first-order valence-electron chi connectivity index (χ1n) is 8.04. The number of hydrogen-bond donors (Lipinski definition) is 1. The summed E-state index contributed by atoms with van der Waals surface area (Å²) in [6, 6.07) is 2.13. The van der Waals surface area contributed by atoms with Gasteiger partial charge in [0.05, 0.1) is 0 Å². The minimum atomic E-state index is 0.685. The Balaban J connectivity index is 2.72. The second-order valence-electron chi connectivity index (χ2n) is 6.31. The van der Waals surface area contributed by atoms with Crippen molar-refractivity contribution in [3.63, 3.8) is 0 Å². The maximum atomic E-state index is 3.80. The van der Waals surface area contributed by atoms with E-state index < -0.39 is 0 Å². The van der Waals surface area contributed by atoms with Crippen molar-refractivity contribution in [1.29, 1.82) is 0 Å². The van der Waals surface area contributed by atoms with E-state index in [9.17, 15) is 0 Å². The molecule has 1 fully saturated rings. The lowest BCUT2D eigenvalue weighted by Crippen LogP contribution is -2.62. The molecule has 0 amide bonds. The molecule has 0 aliphatic carbocycles. The standard InChI is InChI=1S/C16H34N2/c1-7-12(4)15-11-18(14(6)9-3)16(10-17-15)13(5)8-2/h12-17H,7-11H2,1-6H3. The molecule has 18 heavy (non-hydrogen) atoms. The van der Waals surface area contributed by atoms with Crippen LogP contribution in [0.25, 0.3) is 0 Å². The number of nitrogens with zero attached hydrogens (tertiary/aromatic N) is 1. The molecule has 0 aromatic carbocycles. The summed E-state index contributed by atoms with van der Waals surface area (Å²) in [4.78, 5) is 2.78. The molecule has 1 aliphatic rings. The van der Waals surface area contributed by atoms with Gasteiger partial charge in [-0.2, -0.15) is 0 Å². The molecule has 1 aliphatic heterocycles. The number of hydrogen-bond acceptors (Lipinski definition) is 2. The zero-order valence-corrected chi connectivity index (χ0v) is 13.4. The van der Waals surface area contributed by atoms with Crippen LogP contribution in [0.2, 0.25) is 0 Å². The highest BCUT2D eigenvalue weighted by atomic mass is 15.3. The molecule has 108 valence electrons. The van der Waals surface area contributed by atoms with Gasteiger partial charge in [-0.3, -0.25) is 4.90 Å². The minimum absolute atomic E-state index is 0.685. The van der Waals surface area contributed by atoms with Crippen molar-refractivity contribution in [1.82, 2.24) is 10.2 Å². The summed E-state index contributed by atoms with van der Waals surface area (Å²) in [7, 11) is 0. The summed E-state index contributed by atoms with van der Waals surface area (Å²) in [5, 5.41) is 3.80. The number of piperazine rings is 1. The van der Waals surface area contributed by atoms with E-state index in [1.165, 1.54) is 32.4 Å². The lowest BCUT2D eigenvalue weighted by atomic mass is 9.89. The van der Waals surface area contributed by atoms with E-state index >= 15 is 0 Å². The molecule has 5 unspecified atom stereocenters. The molecule has 1 saturated heterocycles. The maximum Gasteiger partial charge on any atom is 0.0249 e. The minimum Gasteiger partial charge on any atom is -0.311 e. The largest absolute Gasteiger partial charge is 0.311 e. The summed E-state index contributed by atoms with van der Waals surface area (Å²) in [5.74, 6) is 1.58. The van der Waals surface area contributed by atoms with Gasteiger partial charge in [0.15, 0.2) is 0 Å². The molecule has 0 radical (unpaired) electrons. The Morgan fingerprint density at radius 3 is 2.11 bits per heavy atom. The lowest BCUT2D eigenvalue weighted by Gasteiger charge is -2.47. The molecule has 0 aromatic rings. The zero-order valence-electron chi connectivity index (χ0n) is 13.4. The van der Waals surface area contributed by atoms with Crippen LogP contribution in [0.15, 0.2) is 0 Å². The van der Waals surface area contributed by atoms with E-state index in [0.717, 1.165) is 23.9 Å². The molecule has 1 N–H and O–H groups in total. The van der Waals surface area contributed by atoms with Gasteiger partial charge in [-0.15, -0.1) is 0 Å². The fraction of sp³-hybridized carbons (Fsp3) is 1.00. The molecule has 2 nitrogen and oxygen atoms in total. The lowest BCUT2D eigenvalue weighted by molar-refractivity contribution is 0.0429. The third-order valence-corrected chi connectivity index (χ3v) is 5.21. The van der Waals surface area contributed by atoms with E-state index in [4.69, 9.17) is 0 Å². The van der Waals surface area contributed by atoms with Crippen LogP contribution in [0, 0.1) is 11.8 Å². The van der Waals surface area contributed by atoms with E-state index in [1.807, 2.05) is 0 Å².